The number of carbonyl (C=O) groups is 2. The Balaban J connectivity index is 1.88. The van der Waals surface area contributed by atoms with Crippen molar-refractivity contribution in [2.24, 2.45) is 5.18 Å². The topological polar surface area (TPSA) is 147 Å². The number of halogens is 1. The van der Waals surface area contributed by atoms with Crippen LogP contribution in [0.15, 0.2) is 53.8 Å². The van der Waals surface area contributed by atoms with Crippen LogP contribution < -0.4 is 5.32 Å². The Kier molecular flexibility index (Phi) is 9.70. The molecule has 37 heavy (non-hydrogen) atoms. The number of hydrogen-bond acceptors (Lipinski definition) is 7. The molecule has 2 aromatic heterocycles. The van der Waals surface area contributed by atoms with E-state index < -0.39 is 36.3 Å². The van der Waals surface area contributed by atoms with Crippen molar-refractivity contribution in [3.63, 3.8) is 0 Å². The van der Waals surface area contributed by atoms with E-state index in [2.05, 4.69) is 20.6 Å². The van der Waals surface area contributed by atoms with Crippen molar-refractivity contribution >= 4 is 11.8 Å². The maximum atomic E-state index is 13.6. The molecule has 0 aliphatic carbocycles. The first-order valence-corrected chi connectivity index (χ1v) is 12.0. The summed E-state index contributed by atoms with van der Waals surface area (Å²) in [4.78, 5) is 38.8. The number of carbonyl (C=O) groups excluding carboxylic acids is 2. The Labute approximate surface area is 213 Å². The largest absolute Gasteiger partial charge is 0.393 e. The van der Waals surface area contributed by atoms with Gasteiger partial charge in [-0.05, 0) is 61.6 Å². The first-order chi connectivity index (χ1) is 17.7. The van der Waals surface area contributed by atoms with Gasteiger partial charge in [-0.25, -0.2) is 9.07 Å². The van der Waals surface area contributed by atoms with Crippen molar-refractivity contribution in [1.29, 1.82) is 0 Å². The van der Waals surface area contributed by atoms with Crippen molar-refractivity contribution in [2.45, 2.75) is 64.2 Å². The highest BCUT2D eigenvalue weighted by molar-refractivity contribution is 5.94. The number of rotatable bonds is 12. The molecule has 3 aromatic rings. The van der Waals surface area contributed by atoms with Gasteiger partial charge < -0.3 is 15.5 Å². The molecule has 2 amide bonds. The molecule has 0 radical (unpaired) electrons. The smallest absolute Gasteiger partial charge is 0.288 e. The van der Waals surface area contributed by atoms with E-state index in [0.717, 1.165) is 0 Å². The molecule has 2 heterocycles. The standard InChI is InChI=1S/C26H30FN5O5/c1-16(2)24-22(11-10-20(33)13-21(34)14-23(35)31-37)32(19-8-6-17(27)7-9-19)30-25(24)26(36)29-15-18-5-3-4-12-28-18/h3-9,12,16,20-21,33-34H,10-11,13-15H2,1-2H3,(H,29,36)/t20-,21-/m1/s1. The summed E-state index contributed by atoms with van der Waals surface area (Å²) < 4.78 is 15.2. The van der Waals surface area contributed by atoms with Gasteiger partial charge in [0, 0.05) is 22.6 Å². The van der Waals surface area contributed by atoms with Crippen LogP contribution in [0.1, 0.15) is 66.5 Å². The lowest BCUT2D eigenvalue weighted by atomic mass is 9.95. The van der Waals surface area contributed by atoms with Gasteiger partial charge in [-0.15, -0.1) is 4.91 Å². The molecule has 1 aromatic carbocycles. The molecule has 196 valence electrons. The van der Waals surface area contributed by atoms with Crippen molar-refractivity contribution < 1.29 is 24.2 Å². The highest BCUT2D eigenvalue weighted by atomic mass is 19.1. The van der Waals surface area contributed by atoms with Crippen LogP contribution in [-0.2, 0) is 17.8 Å². The Bertz CT molecular complexity index is 1210. The molecule has 3 N–H and O–H groups in total. The second kappa shape index (κ2) is 12.9. The first-order valence-electron chi connectivity index (χ1n) is 12.0. The molecule has 11 heteroatoms. The molecule has 0 bridgehead atoms. The SMILES string of the molecule is CC(C)c1c(C(=O)NCc2ccccn2)nn(-c2ccc(F)cc2)c1CC[C@@H](O)C[C@@H](O)CC(=O)N=O. The van der Waals surface area contributed by atoms with Crippen LogP contribution in [0.3, 0.4) is 0 Å². The molecule has 2 atom stereocenters. The predicted octanol–water partition coefficient (Wildman–Crippen LogP) is 3.19. The van der Waals surface area contributed by atoms with Gasteiger partial charge >= 0.3 is 0 Å². The second-order valence-electron chi connectivity index (χ2n) is 9.03. The van der Waals surface area contributed by atoms with E-state index in [1.807, 2.05) is 19.9 Å². The van der Waals surface area contributed by atoms with E-state index >= 15 is 0 Å². The van der Waals surface area contributed by atoms with Crippen LogP contribution in [0.2, 0.25) is 0 Å². The number of aliphatic hydroxyl groups is 2. The number of benzene rings is 1. The average molecular weight is 512 g/mol. The number of nitroso groups, excluding NO2 is 1. The summed E-state index contributed by atoms with van der Waals surface area (Å²) in [5.74, 6) is -1.91. The number of aliphatic hydroxyl groups excluding tert-OH is 2. The summed E-state index contributed by atoms with van der Waals surface area (Å²) in [6, 6.07) is 11.1. The van der Waals surface area contributed by atoms with E-state index in [0.29, 0.717) is 22.6 Å². The number of pyridine rings is 1. The minimum absolute atomic E-state index is 0.112. The minimum Gasteiger partial charge on any atom is -0.393 e. The van der Waals surface area contributed by atoms with Crippen LogP contribution in [0, 0.1) is 10.7 Å². The summed E-state index contributed by atoms with van der Waals surface area (Å²) in [6.45, 7) is 4.05. The molecule has 0 aliphatic heterocycles. The number of nitrogens with zero attached hydrogens (tertiary/aromatic N) is 4. The van der Waals surface area contributed by atoms with Gasteiger partial charge in [0.05, 0.1) is 36.6 Å². The Morgan fingerprint density at radius 2 is 1.84 bits per heavy atom. The third-order valence-corrected chi connectivity index (χ3v) is 5.81. The molecule has 0 fully saturated rings. The highest BCUT2D eigenvalue weighted by Gasteiger charge is 2.26. The fourth-order valence-electron chi connectivity index (χ4n) is 4.09. The van der Waals surface area contributed by atoms with Crippen LogP contribution in [0.5, 0.6) is 0 Å². The summed E-state index contributed by atoms with van der Waals surface area (Å²) in [5, 5.41) is 30.1. The van der Waals surface area contributed by atoms with E-state index in [4.69, 9.17) is 0 Å². The fourth-order valence-corrected chi connectivity index (χ4v) is 4.09. The van der Waals surface area contributed by atoms with Gasteiger partial charge in [0.1, 0.15) is 5.82 Å². The molecule has 3 rings (SSSR count). The normalized spacial score (nSPS) is 12.8. The average Bonchev–Trinajstić information content (AvgIpc) is 3.27. The van der Waals surface area contributed by atoms with Gasteiger partial charge in [-0.3, -0.25) is 14.6 Å². The monoisotopic (exact) mass is 511 g/mol. The summed E-state index contributed by atoms with van der Waals surface area (Å²) in [7, 11) is 0. The zero-order chi connectivity index (χ0) is 26.9. The van der Waals surface area contributed by atoms with E-state index in [1.54, 1.807) is 35.1 Å². The third-order valence-electron chi connectivity index (χ3n) is 5.81. The number of amides is 2. The maximum absolute atomic E-state index is 13.6. The zero-order valence-electron chi connectivity index (χ0n) is 20.7. The van der Waals surface area contributed by atoms with Crippen LogP contribution >= 0.6 is 0 Å². The minimum atomic E-state index is -1.21. The van der Waals surface area contributed by atoms with Gasteiger partial charge in [0.25, 0.3) is 11.8 Å². The molecule has 0 saturated heterocycles. The zero-order valence-corrected chi connectivity index (χ0v) is 20.7. The first kappa shape index (κ1) is 27.8. The lowest BCUT2D eigenvalue weighted by Crippen LogP contribution is -2.25. The van der Waals surface area contributed by atoms with Gasteiger partial charge in [0.15, 0.2) is 5.69 Å². The Morgan fingerprint density at radius 1 is 1.11 bits per heavy atom. The van der Waals surface area contributed by atoms with Crippen LogP contribution in [0.25, 0.3) is 5.69 Å². The van der Waals surface area contributed by atoms with Gasteiger partial charge in [-0.1, -0.05) is 19.9 Å². The van der Waals surface area contributed by atoms with Gasteiger partial charge in [-0.2, -0.15) is 5.10 Å². The van der Waals surface area contributed by atoms with Crippen LogP contribution in [0.4, 0.5) is 4.39 Å². The lowest BCUT2D eigenvalue weighted by Gasteiger charge is -2.16. The molecule has 0 aliphatic rings. The number of nitrogens with one attached hydrogen (secondary N) is 1. The molecular weight excluding hydrogens is 481 g/mol. The van der Waals surface area contributed by atoms with Crippen molar-refractivity contribution in [3.05, 3.63) is 82.0 Å². The quantitative estimate of drug-likeness (QED) is 0.316. The number of aromatic nitrogens is 3. The molecule has 0 saturated carbocycles. The third kappa shape index (κ3) is 7.58. The van der Waals surface area contributed by atoms with E-state index in [-0.39, 0.29) is 37.4 Å². The van der Waals surface area contributed by atoms with E-state index in [1.165, 1.54) is 12.1 Å². The van der Waals surface area contributed by atoms with Crippen molar-refractivity contribution in [3.8, 4) is 5.69 Å². The van der Waals surface area contributed by atoms with Crippen LogP contribution in [-0.4, -0.2) is 49.0 Å². The van der Waals surface area contributed by atoms with E-state index in [9.17, 15) is 29.1 Å². The summed E-state index contributed by atoms with van der Waals surface area (Å²) >= 11 is 0. The molecule has 0 spiro atoms. The predicted molar refractivity (Wildman–Crippen MR) is 133 cm³/mol. The lowest BCUT2D eigenvalue weighted by molar-refractivity contribution is -0.120. The maximum Gasteiger partial charge on any atom is 0.288 e. The Hall–Kier alpha value is -3.83. The number of hydrogen-bond donors (Lipinski definition) is 3. The van der Waals surface area contributed by atoms with Crippen molar-refractivity contribution in [2.75, 3.05) is 0 Å². The summed E-state index contributed by atoms with van der Waals surface area (Å²) in [6.07, 6.45) is -0.699. The second-order valence-corrected chi connectivity index (χ2v) is 9.03. The molecule has 10 nitrogen and oxygen atoms in total. The highest BCUT2D eigenvalue weighted by Crippen LogP contribution is 2.28. The molecular formula is C26H30FN5O5. The fraction of sp³-hybridized carbons (Fsp3) is 0.385. The molecule has 0 unspecified atom stereocenters. The Morgan fingerprint density at radius 3 is 2.46 bits per heavy atom. The van der Waals surface area contributed by atoms with Crippen molar-refractivity contribution in [1.82, 2.24) is 20.1 Å². The van der Waals surface area contributed by atoms with Gasteiger partial charge in [0.2, 0.25) is 0 Å². The summed E-state index contributed by atoms with van der Waals surface area (Å²) in [5.41, 5.74) is 2.77.